The highest BCUT2D eigenvalue weighted by Gasteiger charge is 2.36. The minimum atomic E-state index is -0.207. The van der Waals surface area contributed by atoms with E-state index in [1.54, 1.807) is 0 Å². The van der Waals surface area contributed by atoms with Crippen molar-refractivity contribution in [3.8, 4) is 0 Å². The number of para-hydroxylation sites is 1. The van der Waals surface area contributed by atoms with Crippen LogP contribution in [0.2, 0.25) is 0 Å². The Morgan fingerprint density at radius 3 is 2.78 bits per heavy atom. The van der Waals surface area contributed by atoms with Gasteiger partial charge in [0.2, 0.25) is 5.69 Å². The molecule has 0 bridgehead atoms. The minimum absolute atomic E-state index is 0.0814. The van der Waals surface area contributed by atoms with Crippen LogP contribution in [0.25, 0.3) is 0 Å². The molecule has 2 rings (SSSR count). The Balaban J connectivity index is 2.04. The molecule has 0 aliphatic carbocycles. The standard InChI is InChI=1S/C15H20NO2/c1-12(17)18-10-6-9-16-11-15(2,3)13-7-4-5-8-14(13)16/h4-5,7-8,11H,6,9-10H2,1-3H3/q+1. The zero-order chi connectivity index (χ0) is 13.2. The Morgan fingerprint density at radius 2 is 2.06 bits per heavy atom. The van der Waals surface area contributed by atoms with E-state index in [1.807, 2.05) is 0 Å². The van der Waals surface area contributed by atoms with Gasteiger partial charge < -0.3 is 4.74 Å². The second-order valence-corrected chi connectivity index (χ2v) is 5.25. The van der Waals surface area contributed by atoms with Gasteiger partial charge in [0.05, 0.1) is 12.0 Å². The monoisotopic (exact) mass is 246 g/mol. The Kier molecular flexibility index (Phi) is 3.50. The number of hydrogen-bond acceptors (Lipinski definition) is 2. The molecule has 0 aromatic heterocycles. The highest BCUT2D eigenvalue weighted by molar-refractivity contribution is 5.76. The first-order valence-electron chi connectivity index (χ1n) is 6.36. The van der Waals surface area contributed by atoms with Crippen LogP contribution in [0.5, 0.6) is 0 Å². The molecule has 0 atom stereocenters. The number of fused-ring (bicyclic) bond motifs is 1. The number of benzene rings is 1. The van der Waals surface area contributed by atoms with Crippen molar-refractivity contribution in [3.05, 3.63) is 29.8 Å². The molecule has 3 nitrogen and oxygen atoms in total. The lowest BCUT2D eigenvalue weighted by Gasteiger charge is -2.09. The van der Waals surface area contributed by atoms with Crippen LogP contribution in [-0.2, 0) is 14.9 Å². The molecule has 1 aromatic rings. The molecule has 3 heteroatoms. The SMILES string of the molecule is CC(=O)OCCC[N+]1=CC(C)(C)c2ccccc21. The molecule has 0 N–H and O–H groups in total. The fraction of sp³-hybridized carbons (Fsp3) is 0.467. The van der Waals surface area contributed by atoms with Gasteiger partial charge in [0.25, 0.3) is 0 Å². The highest BCUT2D eigenvalue weighted by Crippen LogP contribution is 2.35. The quantitative estimate of drug-likeness (QED) is 0.464. The summed E-state index contributed by atoms with van der Waals surface area (Å²) in [6, 6.07) is 8.47. The van der Waals surface area contributed by atoms with Crippen molar-refractivity contribution in [1.82, 2.24) is 0 Å². The molecule has 0 unspecified atom stereocenters. The predicted molar refractivity (Wildman–Crippen MR) is 71.6 cm³/mol. The van der Waals surface area contributed by atoms with E-state index in [1.165, 1.54) is 18.2 Å². The van der Waals surface area contributed by atoms with Gasteiger partial charge in [-0.15, -0.1) is 0 Å². The number of esters is 1. The average Bonchev–Trinajstić information content (AvgIpc) is 2.57. The van der Waals surface area contributed by atoms with Gasteiger partial charge in [0.1, 0.15) is 0 Å². The van der Waals surface area contributed by atoms with E-state index in [9.17, 15) is 4.79 Å². The molecule has 1 heterocycles. The maximum atomic E-state index is 10.7. The summed E-state index contributed by atoms with van der Waals surface area (Å²) in [5, 5.41) is 0. The lowest BCUT2D eigenvalue weighted by Crippen LogP contribution is -2.17. The van der Waals surface area contributed by atoms with Gasteiger partial charge in [-0.05, 0) is 13.8 Å². The summed E-state index contributed by atoms with van der Waals surface area (Å²) in [4.78, 5) is 10.7. The molecule has 0 amide bonds. The van der Waals surface area contributed by atoms with Gasteiger partial charge >= 0.3 is 5.97 Å². The second kappa shape index (κ2) is 4.92. The molecule has 0 saturated heterocycles. The van der Waals surface area contributed by atoms with Crippen LogP contribution in [0.3, 0.4) is 0 Å². The summed E-state index contributed by atoms with van der Waals surface area (Å²) in [5.41, 5.74) is 2.71. The summed E-state index contributed by atoms with van der Waals surface area (Å²) in [5.74, 6) is -0.207. The van der Waals surface area contributed by atoms with Gasteiger partial charge in [-0.25, -0.2) is 4.58 Å². The Labute approximate surface area is 108 Å². The van der Waals surface area contributed by atoms with Crippen molar-refractivity contribution in [2.75, 3.05) is 13.2 Å². The predicted octanol–water partition coefficient (Wildman–Crippen LogP) is 2.65. The number of nitrogens with zero attached hydrogens (tertiary/aromatic N) is 1. The summed E-state index contributed by atoms with van der Waals surface area (Å²) in [7, 11) is 0. The zero-order valence-corrected chi connectivity index (χ0v) is 11.3. The van der Waals surface area contributed by atoms with E-state index < -0.39 is 0 Å². The van der Waals surface area contributed by atoms with E-state index in [2.05, 4.69) is 48.9 Å². The summed E-state index contributed by atoms with van der Waals surface area (Å²) >= 11 is 0. The van der Waals surface area contributed by atoms with Crippen molar-refractivity contribution >= 4 is 17.9 Å². The van der Waals surface area contributed by atoms with Crippen LogP contribution in [0.4, 0.5) is 5.69 Å². The molecule has 0 radical (unpaired) electrons. The van der Waals surface area contributed by atoms with Crippen molar-refractivity contribution in [2.24, 2.45) is 0 Å². The third-order valence-electron chi connectivity index (χ3n) is 3.23. The molecule has 96 valence electrons. The molecule has 1 aliphatic heterocycles. The maximum absolute atomic E-state index is 10.7. The minimum Gasteiger partial charge on any atom is -0.466 e. The van der Waals surface area contributed by atoms with E-state index in [0.29, 0.717) is 6.61 Å². The molecule has 18 heavy (non-hydrogen) atoms. The average molecular weight is 246 g/mol. The number of carbonyl (C=O) groups excluding carboxylic acids is 1. The van der Waals surface area contributed by atoms with Crippen LogP contribution >= 0.6 is 0 Å². The second-order valence-electron chi connectivity index (χ2n) is 5.25. The molecule has 0 spiro atoms. The fourth-order valence-corrected chi connectivity index (χ4v) is 2.43. The third kappa shape index (κ3) is 2.61. The van der Waals surface area contributed by atoms with Crippen molar-refractivity contribution in [2.45, 2.75) is 32.6 Å². The van der Waals surface area contributed by atoms with Crippen molar-refractivity contribution in [3.63, 3.8) is 0 Å². The molecule has 1 aliphatic rings. The highest BCUT2D eigenvalue weighted by atomic mass is 16.5. The Hall–Kier alpha value is -1.64. The topological polar surface area (TPSA) is 29.3 Å². The van der Waals surface area contributed by atoms with Gasteiger partial charge in [0, 0.05) is 25.0 Å². The van der Waals surface area contributed by atoms with Crippen LogP contribution < -0.4 is 0 Å². The first-order valence-corrected chi connectivity index (χ1v) is 6.36. The largest absolute Gasteiger partial charge is 0.466 e. The molecular weight excluding hydrogens is 226 g/mol. The number of rotatable bonds is 4. The molecular formula is C15H20NO2+. The number of ether oxygens (including phenoxy) is 1. The van der Waals surface area contributed by atoms with Crippen LogP contribution in [0.1, 0.15) is 32.8 Å². The first kappa shape index (κ1) is 12.8. The summed E-state index contributed by atoms with van der Waals surface area (Å²) in [6.07, 6.45) is 3.10. The smallest absolute Gasteiger partial charge is 0.302 e. The molecule has 0 saturated carbocycles. The van der Waals surface area contributed by atoms with Crippen LogP contribution in [0.15, 0.2) is 24.3 Å². The number of hydrogen-bond donors (Lipinski definition) is 0. The Morgan fingerprint density at radius 1 is 1.33 bits per heavy atom. The van der Waals surface area contributed by atoms with Gasteiger partial charge in [-0.2, -0.15) is 0 Å². The maximum Gasteiger partial charge on any atom is 0.302 e. The van der Waals surface area contributed by atoms with Gasteiger partial charge in [-0.1, -0.05) is 18.2 Å². The first-order chi connectivity index (χ1) is 8.50. The molecule has 0 fully saturated rings. The van der Waals surface area contributed by atoms with Crippen molar-refractivity contribution < 1.29 is 14.1 Å². The van der Waals surface area contributed by atoms with Crippen LogP contribution in [-0.4, -0.2) is 29.9 Å². The van der Waals surface area contributed by atoms with E-state index in [4.69, 9.17) is 4.74 Å². The van der Waals surface area contributed by atoms with Gasteiger partial charge in [0.15, 0.2) is 12.8 Å². The number of carbonyl (C=O) groups is 1. The van der Waals surface area contributed by atoms with E-state index in [-0.39, 0.29) is 11.4 Å². The summed E-state index contributed by atoms with van der Waals surface area (Å²) in [6.45, 7) is 7.26. The fourth-order valence-electron chi connectivity index (χ4n) is 2.43. The van der Waals surface area contributed by atoms with Crippen LogP contribution in [0, 0.1) is 0 Å². The van der Waals surface area contributed by atoms with Crippen molar-refractivity contribution in [1.29, 1.82) is 0 Å². The lowest BCUT2D eigenvalue weighted by atomic mass is 9.87. The zero-order valence-electron chi connectivity index (χ0n) is 11.3. The summed E-state index contributed by atoms with van der Waals surface area (Å²) < 4.78 is 7.22. The lowest BCUT2D eigenvalue weighted by molar-refractivity contribution is -0.434. The van der Waals surface area contributed by atoms with E-state index in [0.717, 1.165) is 13.0 Å². The normalized spacial score (nSPS) is 16.1. The molecule has 1 aromatic carbocycles. The van der Waals surface area contributed by atoms with Gasteiger partial charge in [-0.3, -0.25) is 4.79 Å². The van der Waals surface area contributed by atoms with E-state index >= 15 is 0 Å². The Bertz CT molecular complexity index is 489. The third-order valence-corrected chi connectivity index (χ3v) is 3.23.